The van der Waals surface area contributed by atoms with Gasteiger partial charge in [0, 0.05) is 18.0 Å². The van der Waals surface area contributed by atoms with Gasteiger partial charge in [0.25, 0.3) is 0 Å². The fourth-order valence-corrected chi connectivity index (χ4v) is 4.38. The van der Waals surface area contributed by atoms with Crippen LogP contribution in [0.3, 0.4) is 0 Å². The van der Waals surface area contributed by atoms with Crippen LogP contribution < -0.4 is 0 Å². The van der Waals surface area contributed by atoms with Gasteiger partial charge in [0.2, 0.25) is 0 Å². The molecule has 32 heavy (non-hydrogen) atoms. The van der Waals surface area contributed by atoms with Crippen LogP contribution in [0.25, 0.3) is 11.4 Å². The number of unbranched alkanes of at least 4 members (excludes halogenated alkanes) is 14. The molecule has 2 aromatic rings. The SMILES string of the molecule is CCCCCCCCCCCCc1cnc(-c2ccc(CCCCCCCC)cc2)nc1. The molecule has 0 fully saturated rings. The summed E-state index contributed by atoms with van der Waals surface area (Å²) in [7, 11) is 0. The maximum Gasteiger partial charge on any atom is 0.159 e. The summed E-state index contributed by atoms with van der Waals surface area (Å²) in [5.41, 5.74) is 3.83. The van der Waals surface area contributed by atoms with Crippen LogP contribution >= 0.6 is 0 Å². The second kappa shape index (κ2) is 17.8. The fraction of sp³-hybridized carbons (Fsp3) is 0.667. The summed E-state index contributed by atoms with van der Waals surface area (Å²) in [6.07, 6.45) is 28.3. The molecular formula is C30H48N2. The number of aromatic nitrogens is 2. The van der Waals surface area contributed by atoms with Crippen LogP contribution in [-0.2, 0) is 12.8 Å². The first-order chi connectivity index (χ1) is 15.8. The van der Waals surface area contributed by atoms with Gasteiger partial charge < -0.3 is 0 Å². The van der Waals surface area contributed by atoms with E-state index in [1.54, 1.807) is 0 Å². The molecule has 0 radical (unpaired) electrons. The first-order valence-corrected chi connectivity index (χ1v) is 13.7. The maximum atomic E-state index is 4.64. The number of hydrogen-bond donors (Lipinski definition) is 0. The topological polar surface area (TPSA) is 25.8 Å². The van der Waals surface area contributed by atoms with Gasteiger partial charge in [0.1, 0.15) is 0 Å². The largest absolute Gasteiger partial charge is 0.236 e. The van der Waals surface area contributed by atoms with Crippen molar-refractivity contribution < 1.29 is 0 Å². The Morgan fingerprint density at radius 1 is 0.469 bits per heavy atom. The van der Waals surface area contributed by atoms with E-state index in [-0.39, 0.29) is 0 Å². The van der Waals surface area contributed by atoms with Crippen molar-refractivity contribution in [2.75, 3.05) is 0 Å². The van der Waals surface area contributed by atoms with Crippen LogP contribution in [0.1, 0.15) is 128 Å². The molecule has 1 aromatic carbocycles. The van der Waals surface area contributed by atoms with Crippen LogP contribution in [0.4, 0.5) is 0 Å². The lowest BCUT2D eigenvalue weighted by Crippen LogP contribution is -1.94. The van der Waals surface area contributed by atoms with Gasteiger partial charge in [-0.05, 0) is 36.8 Å². The van der Waals surface area contributed by atoms with Gasteiger partial charge in [-0.25, -0.2) is 9.97 Å². The van der Waals surface area contributed by atoms with Gasteiger partial charge in [-0.15, -0.1) is 0 Å². The molecule has 0 saturated carbocycles. The zero-order chi connectivity index (χ0) is 22.7. The summed E-state index contributed by atoms with van der Waals surface area (Å²) in [5.74, 6) is 0.850. The van der Waals surface area contributed by atoms with Crippen LogP contribution in [0.5, 0.6) is 0 Å². The Labute approximate surface area is 198 Å². The van der Waals surface area contributed by atoms with Crippen LogP contribution in [0.15, 0.2) is 36.7 Å². The highest BCUT2D eigenvalue weighted by molar-refractivity contribution is 5.55. The average molecular weight is 437 g/mol. The molecule has 178 valence electrons. The standard InChI is InChI=1S/C30H48N2/c1-3-5-7-9-11-12-13-14-16-18-20-28-25-31-30(32-26-28)29-23-21-27(22-24-29)19-17-15-10-8-6-4-2/h21-26H,3-20H2,1-2H3. The van der Waals surface area contributed by atoms with Crippen molar-refractivity contribution in [2.24, 2.45) is 0 Å². The van der Waals surface area contributed by atoms with E-state index in [0.29, 0.717) is 0 Å². The fourth-order valence-electron chi connectivity index (χ4n) is 4.38. The molecule has 0 saturated heterocycles. The normalized spacial score (nSPS) is 11.2. The smallest absolute Gasteiger partial charge is 0.159 e. The van der Waals surface area contributed by atoms with Crippen LogP contribution in [-0.4, -0.2) is 9.97 Å². The molecule has 0 aliphatic heterocycles. The minimum atomic E-state index is 0.850. The number of benzene rings is 1. The Hall–Kier alpha value is -1.70. The monoisotopic (exact) mass is 436 g/mol. The molecule has 0 N–H and O–H groups in total. The molecule has 0 atom stereocenters. The quantitative estimate of drug-likeness (QED) is 0.205. The molecule has 0 aliphatic carbocycles. The third-order valence-corrected chi connectivity index (χ3v) is 6.56. The third-order valence-electron chi connectivity index (χ3n) is 6.56. The Bertz CT molecular complexity index is 675. The highest BCUT2D eigenvalue weighted by atomic mass is 14.9. The molecule has 1 heterocycles. The molecule has 0 bridgehead atoms. The van der Waals surface area contributed by atoms with Gasteiger partial charge >= 0.3 is 0 Å². The van der Waals surface area contributed by atoms with Gasteiger partial charge in [-0.3, -0.25) is 0 Å². The van der Waals surface area contributed by atoms with Gasteiger partial charge in [0.15, 0.2) is 5.82 Å². The van der Waals surface area contributed by atoms with Crippen molar-refractivity contribution >= 4 is 0 Å². The molecular weight excluding hydrogens is 388 g/mol. The zero-order valence-corrected chi connectivity index (χ0v) is 21.1. The van der Waals surface area contributed by atoms with E-state index in [1.165, 1.54) is 120 Å². The van der Waals surface area contributed by atoms with E-state index in [9.17, 15) is 0 Å². The Balaban J connectivity index is 1.59. The third kappa shape index (κ3) is 11.8. The lowest BCUT2D eigenvalue weighted by Gasteiger charge is -2.06. The highest BCUT2D eigenvalue weighted by Gasteiger charge is 2.03. The Kier molecular flexibility index (Phi) is 14.8. The number of rotatable bonds is 19. The second-order valence-corrected chi connectivity index (χ2v) is 9.56. The molecule has 2 rings (SSSR count). The van der Waals surface area contributed by atoms with Crippen LogP contribution in [0.2, 0.25) is 0 Å². The van der Waals surface area contributed by atoms with E-state index in [0.717, 1.165) is 17.8 Å². The predicted octanol–water partition coefficient (Wildman–Crippen LogP) is 9.51. The minimum Gasteiger partial charge on any atom is -0.236 e. The molecule has 2 heteroatoms. The Morgan fingerprint density at radius 3 is 1.34 bits per heavy atom. The highest BCUT2D eigenvalue weighted by Crippen LogP contribution is 2.18. The van der Waals surface area contributed by atoms with E-state index >= 15 is 0 Å². The second-order valence-electron chi connectivity index (χ2n) is 9.56. The summed E-state index contributed by atoms with van der Waals surface area (Å²) in [6.45, 7) is 4.56. The molecule has 0 aliphatic rings. The lowest BCUT2D eigenvalue weighted by molar-refractivity contribution is 0.556. The molecule has 2 nitrogen and oxygen atoms in total. The molecule has 1 aromatic heterocycles. The summed E-state index contributed by atoms with van der Waals surface area (Å²) in [4.78, 5) is 9.27. The Morgan fingerprint density at radius 2 is 0.875 bits per heavy atom. The number of aryl methyl sites for hydroxylation is 2. The van der Waals surface area contributed by atoms with E-state index < -0.39 is 0 Å². The average Bonchev–Trinajstić information content (AvgIpc) is 2.83. The number of nitrogens with zero attached hydrogens (tertiary/aromatic N) is 2. The van der Waals surface area contributed by atoms with Gasteiger partial charge in [0.05, 0.1) is 0 Å². The summed E-state index contributed by atoms with van der Waals surface area (Å²) in [6, 6.07) is 8.87. The molecule has 0 unspecified atom stereocenters. The predicted molar refractivity (Wildman–Crippen MR) is 140 cm³/mol. The van der Waals surface area contributed by atoms with Crippen molar-refractivity contribution in [3.8, 4) is 11.4 Å². The summed E-state index contributed by atoms with van der Waals surface area (Å²) in [5, 5.41) is 0. The maximum absolute atomic E-state index is 4.64. The van der Waals surface area contributed by atoms with Crippen molar-refractivity contribution in [3.05, 3.63) is 47.8 Å². The summed E-state index contributed by atoms with van der Waals surface area (Å²) < 4.78 is 0. The van der Waals surface area contributed by atoms with Crippen molar-refractivity contribution in [1.29, 1.82) is 0 Å². The van der Waals surface area contributed by atoms with E-state index in [4.69, 9.17) is 0 Å². The molecule has 0 spiro atoms. The van der Waals surface area contributed by atoms with Gasteiger partial charge in [-0.1, -0.05) is 128 Å². The lowest BCUT2D eigenvalue weighted by atomic mass is 10.0. The van der Waals surface area contributed by atoms with Crippen LogP contribution in [0, 0.1) is 0 Å². The van der Waals surface area contributed by atoms with Crippen molar-refractivity contribution in [2.45, 2.75) is 129 Å². The minimum absolute atomic E-state index is 0.850. The van der Waals surface area contributed by atoms with E-state index in [2.05, 4.69) is 48.1 Å². The first-order valence-electron chi connectivity index (χ1n) is 13.7. The number of hydrogen-bond acceptors (Lipinski definition) is 2. The zero-order valence-electron chi connectivity index (χ0n) is 21.1. The van der Waals surface area contributed by atoms with E-state index in [1.807, 2.05) is 12.4 Å². The summed E-state index contributed by atoms with van der Waals surface area (Å²) >= 11 is 0. The van der Waals surface area contributed by atoms with Gasteiger partial charge in [-0.2, -0.15) is 0 Å². The van der Waals surface area contributed by atoms with Crippen molar-refractivity contribution in [1.82, 2.24) is 9.97 Å². The van der Waals surface area contributed by atoms with Crippen molar-refractivity contribution in [3.63, 3.8) is 0 Å². The molecule has 0 amide bonds. The first kappa shape index (κ1) is 26.6.